The number of hydrogen-bond donors (Lipinski definition) is 1. The lowest BCUT2D eigenvalue weighted by atomic mass is 9.97. The summed E-state index contributed by atoms with van der Waals surface area (Å²) in [5, 5.41) is 2.64. The van der Waals surface area contributed by atoms with Gasteiger partial charge in [-0.05, 0) is 25.5 Å². The summed E-state index contributed by atoms with van der Waals surface area (Å²) in [4.78, 5) is 25.7. The minimum atomic E-state index is -2.67. The third-order valence-electron chi connectivity index (χ3n) is 3.57. The first-order valence-electron chi connectivity index (χ1n) is 6.40. The monoisotopic (exact) mass is 282 g/mol. The van der Waals surface area contributed by atoms with Crippen molar-refractivity contribution < 1.29 is 18.4 Å². The van der Waals surface area contributed by atoms with Crippen LogP contribution in [0.25, 0.3) is 0 Å². The summed E-state index contributed by atoms with van der Waals surface area (Å²) in [7, 11) is 0. The number of anilines is 1. The molecule has 1 unspecified atom stereocenters. The van der Waals surface area contributed by atoms with Crippen LogP contribution >= 0.6 is 0 Å². The highest BCUT2D eigenvalue weighted by Crippen LogP contribution is 2.29. The zero-order valence-electron chi connectivity index (χ0n) is 11.3. The molecule has 1 N–H and O–H groups in total. The number of fused-ring (bicyclic) bond motifs is 1. The Labute approximate surface area is 115 Å². The summed E-state index contributed by atoms with van der Waals surface area (Å²) >= 11 is 0. The van der Waals surface area contributed by atoms with Gasteiger partial charge in [-0.25, -0.2) is 8.78 Å². The SMILES string of the molecule is CCC1(C)NC(=O)c2ccccc2N(CC(F)F)C1=O. The number of carbonyl (C=O) groups is 2. The van der Waals surface area contributed by atoms with Crippen LogP contribution in [0.1, 0.15) is 30.6 Å². The van der Waals surface area contributed by atoms with Crippen LogP contribution in [0.4, 0.5) is 14.5 Å². The van der Waals surface area contributed by atoms with Gasteiger partial charge in [0.25, 0.3) is 18.2 Å². The van der Waals surface area contributed by atoms with Crippen LogP contribution in [0, 0.1) is 0 Å². The quantitative estimate of drug-likeness (QED) is 0.924. The molecular weight excluding hydrogens is 266 g/mol. The van der Waals surface area contributed by atoms with E-state index in [0.717, 1.165) is 4.90 Å². The number of amides is 2. The summed E-state index contributed by atoms with van der Waals surface area (Å²) in [5.41, 5.74) is -0.712. The third kappa shape index (κ3) is 2.37. The van der Waals surface area contributed by atoms with E-state index < -0.39 is 30.3 Å². The zero-order valence-corrected chi connectivity index (χ0v) is 11.3. The minimum Gasteiger partial charge on any atom is -0.338 e. The van der Waals surface area contributed by atoms with Gasteiger partial charge in [0.2, 0.25) is 0 Å². The number of nitrogens with one attached hydrogen (secondary N) is 1. The van der Waals surface area contributed by atoms with Crippen molar-refractivity contribution in [3.63, 3.8) is 0 Å². The van der Waals surface area contributed by atoms with Crippen molar-refractivity contribution in [2.75, 3.05) is 11.4 Å². The number of carbonyl (C=O) groups excluding carboxylic acids is 2. The maximum Gasteiger partial charge on any atom is 0.256 e. The fraction of sp³-hybridized carbons (Fsp3) is 0.429. The Kier molecular flexibility index (Phi) is 3.74. The molecule has 0 saturated heterocycles. The largest absolute Gasteiger partial charge is 0.338 e. The molecule has 0 bridgehead atoms. The topological polar surface area (TPSA) is 49.4 Å². The first kappa shape index (κ1) is 14.4. The van der Waals surface area contributed by atoms with E-state index in [4.69, 9.17) is 0 Å². The van der Waals surface area contributed by atoms with Gasteiger partial charge in [-0.1, -0.05) is 19.1 Å². The molecule has 0 spiro atoms. The van der Waals surface area contributed by atoms with E-state index >= 15 is 0 Å². The number of halogens is 2. The van der Waals surface area contributed by atoms with Crippen LogP contribution in [0.5, 0.6) is 0 Å². The fourth-order valence-electron chi connectivity index (χ4n) is 2.24. The second-order valence-electron chi connectivity index (χ2n) is 4.96. The summed E-state index contributed by atoms with van der Waals surface area (Å²) in [6.45, 7) is 2.56. The molecule has 20 heavy (non-hydrogen) atoms. The van der Waals surface area contributed by atoms with Crippen molar-refractivity contribution in [3.8, 4) is 0 Å². The minimum absolute atomic E-state index is 0.229. The lowest BCUT2D eigenvalue weighted by Gasteiger charge is -2.31. The molecule has 4 nitrogen and oxygen atoms in total. The zero-order chi connectivity index (χ0) is 14.9. The van der Waals surface area contributed by atoms with Gasteiger partial charge in [0.05, 0.1) is 17.8 Å². The number of hydrogen-bond acceptors (Lipinski definition) is 2. The van der Waals surface area contributed by atoms with Gasteiger partial charge in [0, 0.05) is 0 Å². The Balaban J connectivity index is 2.57. The first-order chi connectivity index (χ1) is 9.39. The predicted molar refractivity (Wildman–Crippen MR) is 71.0 cm³/mol. The maximum absolute atomic E-state index is 12.8. The average molecular weight is 282 g/mol. The number of rotatable bonds is 3. The Morgan fingerprint density at radius 3 is 2.55 bits per heavy atom. The van der Waals surface area contributed by atoms with Gasteiger partial charge in [-0.2, -0.15) is 0 Å². The van der Waals surface area contributed by atoms with Crippen molar-refractivity contribution in [2.45, 2.75) is 32.2 Å². The number of para-hydroxylation sites is 1. The van der Waals surface area contributed by atoms with Gasteiger partial charge in [0.15, 0.2) is 0 Å². The van der Waals surface area contributed by atoms with E-state index in [2.05, 4.69) is 5.32 Å². The standard InChI is InChI=1S/C14H16F2N2O2/c1-3-14(2)13(20)18(8-11(15)16)10-7-5-4-6-9(10)12(19)17-14/h4-7,11H,3,8H2,1-2H3,(H,17,19). The van der Waals surface area contributed by atoms with Crippen molar-refractivity contribution >= 4 is 17.5 Å². The molecule has 1 aromatic rings. The lowest BCUT2D eigenvalue weighted by molar-refractivity contribution is -0.124. The van der Waals surface area contributed by atoms with E-state index in [9.17, 15) is 18.4 Å². The Bertz CT molecular complexity index is 548. The molecule has 1 atom stereocenters. The normalized spacial score (nSPS) is 22.6. The van der Waals surface area contributed by atoms with Crippen LogP contribution in [-0.4, -0.2) is 30.3 Å². The molecule has 0 saturated carbocycles. The van der Waals surface area contributed by atoms with Gasteiger partial charge in [-0.3, -0.25) is 9.59 Å². The fourth-order valence-corrected chi connectivity index (χ4v) is 2.24. The van der Waals surface area contributed by atoms with E-state index in [1.807, 2.05) is 0 Å². The average Bonchev–Trinajstić information content (AvgIpc) is 2.49. The second-order valence-corrected chi connectivity index (χ2v) is 4.96. The highest BCUT2D eigenvalue weighted by atomic mass is 19.3. The van der Waals surface area contributed by atoms with Crippen LogP contribution in [0.3, 0.4) is 0 Å². The lowest BCUT2D eigenvalue weighted by Crippen LogP contribution is -2.56. The molecule has 2 rings (SSSR count). The van der Waals surface area contributed by atoms with Gasteiger partial charge >= 0.3 is 0 Å². The summed E-state index contributed by atoms with van der Waals surface area (Å²) < 4.78 is 25.5. The van der Waals surface area contributed by atoms with Gasteiger partial charge in [0.1, 0.15) is 5.54 Å². The summed E-state index contributed by atoms with van der Waals surface area (Å²) in [6.07, 6.45) is -2.34. The van der Waals surface area contributed by atoms with E-state index in [-0.39, 0.29) is 11.3 Å². The molecule has 108 valence electrons. The summed E-state index contributed by atoms with van der Waals surface area (Å²) in [5.74, 6) is -0.936. The Morgan fingerprint density at radius 1 is 1.30 bits per heavy atom. The van der Waals surface area contributed by atoms with E-state index in [1.165, 1.54) is 12.1 Å². The van der Waals surface area contributed by atoms with Gasteiger partial charge < -0.3 is 10.2 Å². The molecular formula is C14H16F2N2O2. The van der Waals surface area contributed by atoms with Crippen LogP contribution in [0.2, 0.25) is 0 Å². The van der Waals surface area contributed by atoms with Crippen LogP contribution < -0.4 is 10.2 Å². The van der Waals surface area contributed by atoms with Crippen LogP contribution in [-0.2, 0) is 4.79 Å². The highest BCUT2D eigenvalue weighted by molar-refractivity contribution is 6.12. The van der Waals surface area contributed by atoms with Crippen molar-refractivity contribution in [1.29, 1.82) is 0 Å². The smallest absolute Gasteiger partial charge is 0.256 e. The molecule has 1 heterocycles. The molecule has 6 heteroatoms. The van der Waals surface area contributed by atoms with E-state index in [0.29, 0.717) is 6.42 Å². The molecule has 0 fully saturated rings. The Hall–Kier alpha value is -1.98. The number of alkyl halides is 2. The summed E-state index contributed by atoms with van der Waals surface area (Å²) in [6, 6.07) is 6.29. The predicted octanol–water partition coefficient (Wildman–Crippen LogP) is 2.20. The molecule has 1 aliphatic rings. The second kappa shape index (κ2) is 5.19. The molecule has 1 aliphatic heterocycles. The number of nitrogens with zero attached hydrogens (tertiary/aromatic N) is 1. The molecule has 0 aromatic heterocycles. The Morgan fingerprint density at radius 2 is 1.95 bits per heavy atom. The highest BCUT2D eigenvalue weighted by Gasteiger charge is 2.42. The molecule has 0 radical (unpaired) electrons. The third-order valence-corrected chi connectivity index (χ3v) is 3.57. The number of benzene rings is 1. The maximum atomic E-state index is 12.8. The van der Waals surface area contributed by atoms with Crippen LogP contribution in [0.15, 0.2) is 24.3 Å². The molecule has 1 aromatic carbocycles. The van der Waals surface area contributed by atoms with Crippen molar-refractivity contribution in [3.05, 3.63) is 29.8 Å². The first-order valence-corrected chi connectivity index (χ1v) is 6.40. The van der Waals surface area contributed by atoms with Crippen molar-refractivity contribution in [2.24, 2.45) is 0 Å². The van der Waals surface area contributed by atoms with E-state index in [1.54, 1.807) is 26.0 Å². The van der Waals surface area contributed by atoms with Gasteiger partial charge in [-0.15, -0.1) is 0 Å². The molecule has 2 amide bonds. The molecule has 0 aliphatic carbocycles. The van der Waals surface area contributed by atoms with Crippen molar-refractivity contribution in [1.82, 2.24) is 5.32 Å².